The third kappa shape index (κ3) is 4.90. The second-order valence-corrected chi connectivity index (χ2v) is 9.43. The van der Waals surface area contributed by atoms with Crippen molar-refractivity contribution >= 4 is 45.3 Å². The van der Waals surface area contributed by atoms with Crippen LogP contribution in [0, 0.1) is 3.57 Å². The van der Waals surface area contributed by atoms with Crippen molar-refractivity contribution in [3.63, 3.8) is 0 Å². The molecule has 1 aliphatic rings. The molecule has 0 bridgehead atoms. The van der Waals surface area contributed by atoms with E-state index in [-0.39, 0.29) is 0 Å². The largest absolute Gasteiger partial charge is 0.494 e. The van der Waals surface area contributed by atoms with Gasteiger partial charge in [0.1, 0.15) is 12.1 Å². The summed E-state index contributed by atoms with van der Waals surface area (Å²) >= 11 is 2.33. The Morgan fingerprint density at radius 1 is 0.879 bits per heavy atom. The number of nitrogens with zero attached hydrogens (tertiary/aromatic N) is 6. The van der Waals surface area contributed by atoms with Crippen LogP contribution in [0.15, 0.2) is 61.2 Å². The molecule has 0 amide bonds. The van der Waals surface area contributed by atoms with Gasteiger partial charge in [-0.3, -0.25) is 0 Å². The van der Waals surface area contributed by atoms with Gasteiger partial charge in [0.15, 0.2) is 17.0 Å². The van der Waals surface area contributed by atoms with Crippen LogP contribution in [0.3, 0.4) is 0 Å². The van der Waals surface area contributed by atoms with Crippen molar-refractivity contribution in [3.8, 4) is 5.75 Å². The zero-order chi connectivity index (χ0) is 22.6. The van der Waals surface area contributed by atoms with Gasteiger partial charge in [0.25, 0.3) is 0 Å². The molecule has 0 N–H and O–H groups in total. The number of imidazole rings is 1. The van der Waals surface area contributed by atoms with Crippen LogP contribution in [0.4, 0.5) is 11.5 Å². The number of anilines is 2. The second kappa shape index (κ2) is 9.94. The van der Waals surface area contributed by atoms with E-state index in [1.165, 1.54) is 14.8 Å². The third-order valence-corrected chi connectivity index (χ3v) is 6.62. The number of aromatic nitrogens is 4. The van der Waals surface area contributed by atoms with Crippen LogP contribution in [0.2, 0.25) is 0 Å². The predicted octanol–water partition coefficient (Wildman–Crippen LogP) is 4.59. The van der Waals surface area contributed by atoms with E-state index in [0.717, 1.165) is 68.5 Å². The SMILES string of the molecule is CCCOc1ccc(N2CCN(c3ncnc4c3ncn4Cc3ccc(I)cc3)CC2)cc1. The first-order valence-electron chi connectivity index (χ1n) is 11.3. The molecule has 5 rings (SSSR count). The maximum absolute atomic E-state index is 5.71. The number of rotatable bonds is 7. The van der Waals surface area contributed by atoms with Crippen molar-refractivity contribution < 1.29 is 4.74 Å². The van der Waals surface area contributed by atoms with E-state index in [1.54, 1.807) is 6.33 Å². The topological polar surface area (TPSA) is 59.3 Å². The molecular formula is C25H27IN6O. The van der Waals surface area contributed by atoms with Crippen LogP contribution in [0.1, 0.15) is 18.9 Å². The standard InChI is InChI=1S/C25H27IN6O/c1-2-15-33-22-9-7-21(8-10-22)30-11-13-31(14-12-30)24-23-25(28-17-27-24)32(18-29-23)16-19-3-5-20(26)6-4-19/h3-10,17-18H,2,11-16H2,1H3. The average Bonchev–Trinajstić information content (AvgIpc) is 3.27. The van der Waals surface area contributed by atoms with E-state index in [4.69, 9.17) is 4.74 Å². The van der Waals surface area contributed by atoms with Gasteiger partial charge in [-0.1, -0.05) is 19.1 Å². The van der Waals surface area contributed by atoms with Crippen LogP contribution >= 0.6 is 22.6 Å². The Morgan fingerprint density at radius 2 is 1.61 bits per heavy atom. The van der Waals surface area contributed by atoms with E-state index in [2.05, 4.69) is 107 Å². The summed E-state index contributed by atoms with van der Waals surface area (Å²) in [5, 5.41) is 0. The molecule has 33 heavy (non-hydrogen) atoms. The van der Waals surface area contributed by atoms with Crippen LogP contribution < -0.4 is 14.5 Å². The molecule has 4 aromatic rings. The van der Waals surface area contributed by atoms with E-state index in [9.17, 15) is 0 Å². The smallest absolute Gasteiger partial charge is 0.165 e. The molecule has 2 aromatic carbocycles. The molecule has 0 unspecified atom stereocenters. The number of fused-ring (bicyclic) bond motifs is 1. The number of piperazine rings is 1. The van der Waals surface area contributed by atoms with Gasteiger partial charge in [0.05, 0.1) is 19.5 Å². The van der Waals surface area contributed by atoms with E-state index >= 15 is 0 Å². The molecule has 3 heterocycles. The highest BCUT2D eigenvalue weighted by Crippen LogP contribution is 2.26. The lowest BCUT2D eigenvalue weighted by Gasteiger charge is -2.36. The van der Waals surface area contributed by atoms with E-state index < -0.39 is 0 Å². The fourth-order valence-corrected chi connectivity index (χ4v) is 4.51. The summed E-state index contributed by atoms with van der Waals surface area (Å²) in [7, 11) is 0. The van der Waals surface area contributed by atoms with Gasteiger partial charge in [0, 0.05) is 35.4 Å². The summed E-state index contributed by atoms with van der Waals surface area (Å²) in [6, 6.07) is 17.0. The van der Waals surface area contributed by atoms with Crippen LogP contribution in [0.5, 0.6) is 5.75 Å². The summed E-state index contributed by atoms with van der Waals surface area (Å²) < 4.78 is 9.04. The number of halogens is 1. The maximum Gasteiger partial charge on any atom is 0.165 e. The second-order valence-electron chi connectivity index (χ2n) is 8.18. The van der Waals surface area contributed by atoms with Crippen LogP contribution in [-0.4, -0.2) is 52.3 Å². The number of hydrogen-bond donors (Lipinski definition) is 0. The summed E-state index contributed by atoms with van der Waals surface area (Å²) in [6.45, 7) is 7.28. The number of ether oxygens (including phenoxy) is 1. The number of hydrogen-bond acceptors (Lipinski definition) is 6. The lowest BCUT2D eigenvalue weighted by Crippen LogP contribution is -2.47. The summed E-state index contributed by atoms with van der Waals surface area (Å²) in [5.41, 5.74) is 4.21. The molecule has 1 saturated heterocycles. The van der Waals surface area contributed by atoms with Crippen molar-refractivity contribution in [1.82, 2.24) is 19.5 Å². The molecular weight excluding hydrogens is 527 g/mol. The molecule has 0 spiro atoms. The van der Waals surface area contributed by atoms with Gasteiger partial charge < -0.3 is 19.1 Å². The van der Waals surface area contributed by atoms with Gasteiger partial charge in [-0.25, -0.2) is 15.0 Å². The Kier molecular flexibility index (Phi) is 6.61. The molecule has 0 radical (unpaired) electrons. The van der Waals surface area contributed by atoms with Crippen LogP contribution in [0.25, 0.3) is 11.2 Å². The molecule has 0 aliphatic carbocycles. The Balaban J connectivity index is 1.27. The normalized spacial score (nSPS) is 14.1. The molecule has 1 aliphatic heterocycles. The maximum atomic E-state index is 5.71. The molecule has 8 heteroatoms. The van der Waals surface area contributed by atoms with Crippen LogP contribution in [-0.2, 0) is 6.54 Å². The molecule has 0 saturated carbocycles. The molecule has 170 valence electrons. The van der Waals surface area contributed by atoms with E-state index in [0.29, 0.717) is 0 Å². The Hall–Kier alpha value is -2.88. The highest BCUT2D eigenvalue weighted by molar-refractivity contribution is 14.1. The lowest BCUT2D eigenvalue weighted by molar-refractivity contribution is 0.317. The first kappa shape index (κ1) is 21.9. The average molecular weight is 554 g/mol. The zero-order valence-electron chi connectivity index (χ0n) is 18.7. The Bertz CT molecular complexity index is 1200. The summed E-state index contributed by atoms with van der Waals surface area (Å²) in [5.74, 6) is 1.85. The molecule has 1 fully saturated rings. The Labute approximate surface area is 207 Å². The minimum absolute atomic E-state index is 0.746. The summed E-state index contributed by atoms with van der Waals surface area (Å²) in [4.78, 5) is 18.6. The quantitative estimate of drug-likeness (QED) is 0.312. The molecule has 2 aromatic heterocycles. The first-order valence-corrected chi connectivity index (χ1v) is 12.4. The fraction of sp³-hybridized carbons (Fsp3) is 0.320. The highest BCUT2D eigenvalue weighted by atomic mass is 127. The minimum atomic E-state index is 0.746. The first-order chi connectivity index (χ1) is 16.2. The van der Waals surface area contributed by atoms with Crippen molar-refractivity contribution in [2.75, 3.05) is 42.6 Å². The number of benzene rings is 2. The van der Waals surface area contributed by atoms with Crippen molar-refractivity contribution in [2.45, 2.75) is 19.9 Å². The van der Waals surface area contributed by atoms with Crippen molar-refractivity contribution in [3.05, 3.63) is 70.3 Å². The van der Waals surface area contributed by atoms with Gasteiger partial charge in [-0.2, -0.15) is 0 Å². The van der Waals surface area contributed by atoms with Gasteiger partial charge in [-0.05, 0) is 71.0 Å². The third-order valence-electron chi connectivity index (χ3n) is 5.90. The fourth-order valence-electron chi connectivity index (χ4n) is 4.15. The summed E-state index contributed by atoms with van der Waals surface area (Å²) in [6.07, 6.45) is 4.55. The minimum Gasteiger partial charge on any atom is -0.494 e. The van der Waals surface area contributed by atoms with Gasteiger partial charge in [-0.15, -0.1) is 0 Å². The molecule has 7 nitrogen and oxygen atoms in total. The van der Waals surface area contributed by atoms with E-state index in [1.807, 2.05) is 6.33 Å². The lowest BCUT2D eigenvalue weighted by atomic mass is 10.2. The Morgan fingerprint density at radius 3 is 2.33 bits per heavy atom. The molecule has 0 atom stereocenters. The van der Waals surface area contributed by atoms with Crippen molar-refractivity contribution in [1.29, 1.82) is 0 Å². The predicted molar refractivity (Wildman–Crippen MR) is 140 cm³/mol. The zero-order valence-corrected chi connectivity index (χ0v) is 20.9. The van der Waals surface area contributed by atoms with Gasteiger partial charge in [0.2, 0.25) is 0 Å². The highest BCUT2D eigenvalue weighted by Gasteiger charge is 2.22. The van der Waals surface area contributed by atoms with Crippen molar-refractivity contribution in [2.24, 2.45) is 0 Å². The monoisotopic (exact) mass is 554 g/mol. The van der Waals surface area contributed by atoms with Gasteiger partial charge >= 0.3 is 0 Å².